The molecule has 5 heteroatoms. The Morgan fingerprint density at radius 3 is 2.52 bits per heavy atom. The Morgan fingerprint density at radius 2 is 1.78 bits per heavy atom. The summed E-state index contributed by atoms with van der Waals surface area (Å²) in [5.41, 5.74) is 2.14. The van der Waals surface area contributed by atoms with E-state index in [1.807, 2.05) is 61.5 Å². The summed E-state index contributed by atoms with van der Waals surface area (Å²) in [6.45, 7) is 2.32. The zero-order valence-electron chi connectivity index (χ0n) is 15.5. The molecule has 0 N–H and O–H groups in total. The van der Waals surface area contributed by atoms with Gasteiger partial charge in [-0.3, -0.25) is 0 Å². The Bertz CT molecular complexity index is 906. The van der Waals surface area contributed by atoms with E-state index in [9.17, 15) is 8.42 Å². The Hall–Kier alpha value is -1.95. The molecule has 2 aliphatic rings. The number of hydrogen-bond donors (Lipinski definition) is 0. The fourth-order valence-electron chi connectivity index (χ4n) is 3.99. The largest absolute Gasteiger partial charge is 0.368 e. The van der Waals surface area contributed by atoms with Gasteiger partial charge in [0, 0.05) is 6.54 Å². The Kier molecular flexibility index (Phi) is 5.17. The Morgan fingerprint density at radius 1 is 1.04 bits per heavy atom. The van der Waals surface area contributed by atoms with Gasteiger partial charge in [0.2, 0.25) is 10.0 Å². The van der Waals surface area contributed by atoms with Crippen LogP contribution in [-0.2, 0) is 14.8 Å². The smallest absolute Gasteiger partial charge is 0.243 e. The van der Waals surface area contributed by atoms with Crippen molar-refractivity contribution in [2.45, 2.75) is 49.3 Å². The van der Waals surface area contributed by atoms with Crippen LogP contribution in [0.3, 0.4) is 0 Å². The molecule has 1 heterocycles. The lowest BCUT2D eigenvalue weighted by Crippen LogP contribution is -2.54. The van der Waals surface area contributed by atoms with Gasteiger partial charge in [-0.1, -0.05) is 60.2 Å². The van der Waals surface area contributed by atoms with E-state index in [1.165, 1.54) is 0 Å². The number of rotatable bonds is 4. The van der Waals surface area contributed by atoms with Crippen LogP contribution in [-0.4, -0.2) is 37.5 Å². The number of sulfonamides is 1. The zero-order valence-corrected chi connectivity index (χ0v) is 16.3. The first-order chi connectivity index (χ1) is 13.0. The number of hydrogen-bond acceptors (Lipinski definition) is 3. The lowest BCUT2D eigenvalue weighted by atomic mass is 10.1. The lowest BCUT2D eigenvalue weighted by Gasteiger charge is -2.40. The second-order valence-corrected chi connectivity index (χ2v) is 9.26. The fraction of sp³-hybridized carbons (Fsp3) is 0.364. The molecule has 1 aliphatic carbocycles. The number of fused-ring (bicyclic) bond motifs is 1. The first kappa shape index (κ1) is 18.4. The molecule has 4 nitrogen and oxygen atoms in total. The van der Waals surface area contributed by atoms with Gasteiger partial charge in [0.1, 0.15) is 0 Å². The molecule has 2 aromatic rings. The van der Waals surface area contributed by atoms with Crippen LogP contribution in [0.5, 0.6) is 0 Å². The molecule has 1 saturated heterocycles. The lowest BCUT2D eigenvalue weighted by molar-refractivity contribution is -0.0597. The molecule has 0 bridgehead atoms. The van der Waals surface area contributed by atoms with Gasteiger partial charge in [-0.05, 0) is 43.9 Å². The van der Waals surface area contributed by atoms with E-state index in [-0.39, 0.29) is 18.2 Å². The first-order valence-electron chi connectivity index (χ1n) is 9.51. The van der Waals surface area contributed by atoms with E-state index in [0.29, 0.717) is 11.4 Å². The predicted octanol–water partition coefficient (Wildman–Crippen LogP) is 4.02. The fourth-order valence-corrected chi connectivity index (χ4v) is 5.68. The summed E-state index contributed by atoms with van der Waals surface area (Å²) in [7, 11) is -3.53. The minimum Gasteiger partial charge on any atom is -0.368 e. The molecule has 3 atom stereocenters. The number of ether oxygens (including phenoxy) is 1. The van der Waals surface area contributed by atoms with E-state index in [2.05, 4.69) is 0 Å². The quantitative estimate of drug-likeness (QED) is 0.801. The molecular formula is C22H25NO3S. The van der Waals surface area contributed by atoms with E-state index in [0.717, 1.165) is 30.4 Å². The maximum Gasteiger partial charge on any atom is 0.243 e. The topological polar surface area (TPSA) is 46.6 Å². The SMILES string of the molecule is Cc1ccc(S(=O)(=O)N2C[C@@H](/C=C/c3ccccc3)O[C@H]3CCC[C@H]32)cc1. The molecule has 2 fully saturated rings. The van der Waals surface area contributed by atoms with E-state index < -0.39 is 10.0 Å². The van der Waals surface area contributed by atoms with Crippen molar-refractivity contribution in [2.24, 2.45) is 0 Å². The minimum absolute atomic E-state index is 0.0237. The van der Waals surface area contributed by atoms with Crippen molar-refractivity contribution in [3.63, 3.8) is 0 Å². The van der Waals surface area contributed by atoms with Crippen molar-refractivity contribution < 1.29 is 13.2 Å². The van der Waals surface area contributed by atoms with Crippen LogP contribution in [0.25, 0.3) is 6.08 Å². The van der Waals surface area contributed by atoms with Gasteiger partial charge in [0.25, 0.3) is 0 Å². The highest BCUT2D eigenvalue weighted by Crippen LogP contribution is 2.35. The average Bonchev–Trinajstić information content (AvgIpc) is 3.15. The Labute approximate surface area is 161 Å². The highest BCUT2D eigenvalue weighted by molar-refractivity contribution is 7.89. The van der Waals surface area contributed by atoms with Crippen molar-refractivity contribution in [1.29, 1.82) is 0 Å². The van der Waals surface area contributed by atoms with Gasteiger partial charge in [-0.15, -0.1) is 0 Å². The second kappa shape index (κ2) is 7.58. The standard InChI is InChI=1S/C22H25NO3S/c1-17-10-14-20(15-11-17)27(24,25)23-16-19(26-22-9-5-8-21(22)23)13-12-18-6-3-2-4-7-18/h2-4,6-7,10-15,19,21-22H,5,8-9,16H2,1H3/b13-12+/t19-,21-,22+/m1/s1. The third-order valence-electron chi connectivity index (χ3n) is 5.43. The molecule has 0 amide bonds. The second-order valence-electron chi connectivity index (χ2n) is 7.37. The highest BCUT2D eigenvalue weighted by atomic mass is 32.2. The van der Waals surface area contributed by atoms with Gasteiger partial charge in [0.05, 0.1) is 23.1 Å². The van der Waals surface area contributed by atoms with E-state index in [1.54, 1.807) is 16.4 Å². The molecule has 2 aromatic carbocycles. The average molecular weight is 384 g/mol. The van der Waals surface area contributed by atoms with E-state index >= 15 is 0 Å². The summed E-state index contributed by atoms with van der Waals surface area (Å²) < 4.78 is 34.5. The van der Waals surface area contributed by atoms with Gasteiger partial charge in [0.15, 0.2) is 0 Å². The van der Waals surface area contributed by atoms with Crippen LogP contribution in [0.4, 0.5) is 0 Å². The van der Waals surface area contributed by atoms with Crippen LogP contribution in [0.1, 0.15) is 30.4 Å². The van der Waals surface area contributed by atoms with Crippen molar-refractivity contribution in [3.05, 3.63) is 71.8 Å². The monoisotopic (exact) mass is 383 g/mol. The number of aryl methyl sites for hydroxylation is 1. The van der Waals surface area contributed by atoms with Gasteiger partial charge in [-0.2, -0.15) is 4.31 Å². The molecule has 1 aliphatic heterocycles. The molecule has 27 heavy (non-hydrogen) atoms. The molecule has 0 spiro atoms. The highest BCUT2D eigenvalue weighted by Gasteiger charge is 2.44. The summed E-state index contributed by atoms with van der Waals surface area (Å²) in [4.78, 5) is 0.367. The van der Waals surface area contributed by atoms with Crippen molar-refractivity contribution in [1.82, 2.24) is 4.31 Å². The number of nitrogens with zero attached hydrogens (tertiary/aromatic N) is 1. The van der Waals surface area contributed by atoms with Crippen molar-refractivity contribution >= 4 is 16.1 Å². The molecule has 142 valence electrons. The molecule has 1 saturated carbocycles. The minimum atomic E-state index is -3.53. The maximum atomic E-state index is 13.3. The molecular weight excluding hydrogens is 358 g/mol. The number of morpholine rings is 1. The van der Waals surface area contributed by atoms with Crippen LogP contribution < -0.4 is 0 Å². The summed E-state index contributed by atoms with van der Waals surface area (Å²) in [5, 5.41) is 0. The summed E-state index contributed by atoms with van der Waals surface area (Å²) in [6.07, 6.45) is 6.53. The summed E-state index contributed by atoms with van der Waals surface area (Å²) >= 11 is 0. The van der Waals surface area contributed by atoms with Crippen molar-refractivity contribution in [2.75, 3.05) is 6.54 Å². The van der Waals surface area contributed by atoms with Crippen LogP contribution in [0, 0.1) is 6.92 Å². The third kappa shape index (κ3) is 3.86. The van der Waals surface area contributed by atoms with E-state index in [4.69, 9.17) is 4.74 Å². The normalized spacial score (nSPS) is 26.3. The number of benzene rings is 2. The van der Waals surface area contributed by atoms with Gasteiger partial charge in [-0.25, -0.2) is 8.42 Å². The first-order valence-corrected chi connectivity index (χ1v) is 11.0. The van der Waals surface area contributed by atoms with Crippen LogP contribution >= 0.6 is 0 Å². The summed E-state index contributed by atoms with van der Waals surface area (Å²) in [5.74, 6) is 0. The van der Waals surface area contributed by atoms with Crippen LogP contribution in [0.2, 0.25) is 0 Å². The molecule has 4 rings (SSSR count). The molecule has 0 radical (unpaired) electrons. The zero-order chi connectivity index (χ0) is 18.9. The Balaban J connectivity index is 1.60. The third-order valence-corrected chi connectivity index (χ3v) is 7.33. The van der Waals surface area contributed by atoms with Crippen LogP contribution in [0.15, 0.2) is 65.6 Å². The van der Waals surface area contributed by atoms with Crippen molar-refractivity contribution in [3.8, 4) is 0 Å². The predicted molar refractivity (Wildman–Crippen MR) is 107 cm³/mol. The van der Waals surface area contributed by atoms with Gasteiger partial charge >= 0.3 is 0 Å². The molecule has 0 aromatic heterocycles. The maximum absolute atomic E-state index is 13.3. The van der Waals surface area contributed by atoms with Gasteiger partial charge < -0.3 is 4.74 Å². The molecule has 0 unspecified atom stereocenters. The summed E-state index contributed by atoms with van der Waals surface area (Å²) in [6, 6.07) is 17.1.